The molecule has 0 saturated heterocycles. The lowest BCUT2D eigenvalue weighted by molar-refractivity contribution is 1.02. The Balaban J connectivity index is 2.21. The minimum Gasteiger partial charge on any atom is -0.302 e. The molecule has 1 aromatic carbocycles. The smallest absolute Gasteiger partial charge is 0.272 e. The summed E-state index contributed by atoms with van der Waals surface area (Å²) in [5.74, 6) is 0. The maximum atomic E-state index is 12.1. The van der Waals surface area contributed by atoms with Gasteiger partial charge in [0.1, 0.15) is 0 Å². The average molecular weight is 298 g/mol. The predicted octanol–water partition coefficient (Wildman–Crippen LogP) is 1.90. The summed E-state index contributed by atoms with van der Waals surface area (Å²) >= 11 is 0. The summed E-state index contributed by atoms with van der Waals surface area (Å²) in [4.78, 5) is 24.0. The normalized spacial score (nSPS) is 11.0. The molecule has 0 saturated carbocycles. The number of aromatic amines is 4. The molecule has 0 aliphatic heterocycles. The Kier molecular flexibility index (Phi) is 3.36. The van der Waals surface area contributed by atoms with Crippen molar-refractivity contribution in [2.24, 2.45) is 0 Å². The number of nitrogens with one attached hydrogen (secondary N) is 4. The minimum atomic E-state index is -0.149. The van der Waals surface area contributed by atoms with Gasteiger partial charge in [-0.15, -0.1) is 0 Å². The standard InChI is InChI=1S/C16H18N4O2/c1-8-5-4-6-11(14-10(3)18-20-16(14)22)12(8)7-13-9(2)17-19-15(13)21/h4-6H,7H2,1-3H3,(H2,17,19,21)(H2,18,20,22). The maximum Gasteiger partial charge on any atom is 0.272 e. The molecule has 0 aliphatic rings. The van der Waals surface area contributed by atoms with Gasteiger partial charge in [-0.1, -0.05) is 18.2 Å². The molecule has 0 aliphatic carbocycles. The van der Waals surface area contributed by atoms with Crippen LogP contribution in [0.3, 0.4) is 0 Å². The van der Waals surface area contributed by atoms with Crippen molar-refractivity contribution in [3.8, 4) is 11.1 Å². The fraction of sp³-hybridized carbons (Fsp3) is 0.250. The highest BCUT2D eigenvalue weighted by Crippen LogP contribution is 2.27. The van der Waals surface area contributed by atoms with Crippen LogP contribution in [0, 0.1) is 20.8 Å². The van der Waals surface area contributed by atoms with Crippen molar-refractivity contribution in [2.45, 2.75) is 27.2 Å². The zero-order chi connectivity index (χ0) is 15.9. The Morgan fingerprint density at radius 2 is 1.50 bits per heavy atom. The van der Waals surface area contributed by atoms with E-state index in [1.54, 1.807) is 0 Å². The monoisotopic (exact) mass is 298 g/mol. The molecular formula is C16H18N4O2. The van der Waals surface area contributed by atoms with E-state index in [0.717, 1.165) is 28.1 Å². The SMILES string of the molecule is Cc1cccc(-c2c(C)[nH][nH]c2=O)c1Cc1c(C)[nH][nH]c1=O. The molecule has 6 nitrogen and oxygen atoms in total. The van der Waals surface area contributed by atoms with Gasteiger partial charge in [0.05, 0.1) is 5.56 Å². The molecule has 114 valence electrons. The van der Waals surface area contributed by atoms with Crippen LogP contribution in [-0.4, -0.2) is 20.4 Å². The van der Waals surface area contributed by atoms with Crippen molar-refractivity contribution in [3.05, 3.63) is 67.0 Å². The molecule has 2 heterocycles. The van der Waals surface area contributed by atoms with Gasteiger partial charge in [0.15, 0.2) is 0 Å². The van der Waals surface area contributed by atoms with Crippen molar-refractivity contribution >= 4 is 0 Å². The second-order valence-electron chi connectivity index (χ2n) is 5.54. The summed E-state index contributed by atoms with van der Waals surface area (Å²) < 4.78 is 0. The van der Waals surface area contributed by atoms with Gasteiger partial charge in [0, 0.05) is 23.4 Å². The Morgan fingerprint density at radius 1 is 0.818 bits per heavy atom. The molecule has 0 fully saturated rings. The highest BCUT2D eigenvalue weighted by Gasteiger charge is 2.17. The van der Waals surface area contributed by atoms with E-state index in [9.17, 15) is 9.59 Å². The fourth-order valence-electron chi connectivity index (χ4n) is 2.80. The zero-order valence-electron chi connectivity index (χ0n) is 12.8. The van der Waals surface area contributed by atoms with Crippen LogP contribution < -0.4 is 11.1 Å². The van der Waals surface area contributed by atoms with Gasteiger partial charge in [0.2, 0.25) is 0 Å². The number of aryl methyl sites for hydroxylation is 3. The van der Waals surface area contributed by atoms with E-state index < -0.39 is 0 Å². The summed E-state index contributed by atoms with van der Waals surface area (Å²) in [5.41, 5.74) is 5.57. The highest BCUT2D eigenvalue weighted by atomic mass is 16.1. The zero-order valence-corrected chi connectivity index (χ0v) is 12.8. The second kappa shape index (κ2) is 5.22. The van der Waals surface area contributed by atoms with E-state index in [0.29, 0.717) is 17.5 Å². The molecule has 0 amide bonds. The summed E-state index contributed by atoms with van der Waals surface area (Å²) in [5, 5.41) is 10.9. The van der Waals surface area contributed by atoms with Crippen LogP contribution in [0.5, 0.6) is 0 Å². The molecule has 22 heavy (non-hydrogen) atoms. The van der Waals surface area contributed by atoms with Crippen LogP contribution in [0.4, 0.5) is 0 Å². The third-order valence-electron chi connectivity index (χ3n) is 4.09. The fourth-order valence-corrected chi connectivity index (χ4v) is 2.80. The van der Waals surface area contributed by atoms with E-state index in [1.165, 1.54) is 0 Å². The molecule has 2 aromatic heterocycles. The van der Waals surface area contributed by atoms with Gasteiger partial charge in [-0.05, 0) is 37.5 Å². The molecule has 0 spiro atoms. The number of benzene rings is 1. The average Bonchev–Trinajstić information content (AvgIpc) is 2.97. The Morgan fingerprint density at radius 3 is 2.09 bits per heavy atom. The van der Waals surface area contributed by atoms with E-state index in [1.807, 2.05) is 39.0 Å². The van der Waals surface area contributed by atoms with Gasteiger partial charge in [-0.25, -0.2) is 0 Å². The lowest BCUT2D eigenvalue weighted by Crippen LogP contribution is -2.10. The van der Waals surface area contributed by atoms with E-state index in [2.05, 4.69) is 20.4 Å². The first-order chi connectivity index (χ1) is 10.5. The number of H-pyrrole nitrogens is 4. The van der Waals surface area contributed by atoms with Crippen LogP contribution in [0.1, 0.15) is 28.1 Å². The third kappa shape index (κ3) is 2.22. The highest BCUT2D eigenvalue weighted by molar-refractivity contribution is 5.70. The molecule has 0 radical (unpaired) electrons. The Bertz CT molecular complexity index is 940. The minimum absolute atomic E-state index is 0.119. The van der Waals surface area contributed by atoms with Crippen LogP contribution in [0.2, 0.25) is 0 Å². The van der Waals surface area contributed by atoms with Crippen LogP contribution >= 0.6 is 0 Å². The molecule has 0 atom stereocenters. The number of hydrogen-bond acceptors (Lipinski definition) is 2. The summed E-state index contributed by atoms with van der Waals surface area (Å²) in [6.07, 6.45) is 0.483. The Labute approximate surface area is 126 Å². The molecule has 0 bridgehead atoms. The summed E-state index contributed by atoms with van der Waals surface area (Å²) in [7, 11) is 0. The largest absolute Gasteiger partial charge is 0.302 e. The molecule has 6 heteroatoms. The first kappa shape index (κ1) is 14.2. The van der Waals surface area contributed by atoms with E-state index >= 15 is 0 Å². The summed E-state index contributed by atoms with van der Waals surface area (Å²) in [6, 6.07) is 5.84. The van der Waals surface area contributed by atoms with Gasteiger partial charge < -0.3 is 10.2 Å². The molecule has 3 rings (SSSR count). The lowest BCUT2D eigenvalue weighted by atomic mass is 9.92. The topological polar surface area (TPSA) is 97.3 Å². The maximum absolute atomic E-state index is 12.1. The van der Waals surface area contributed by atoms with Crippen LogP contribution in [-0.2, 0) is 6.42 Å². The number of aromatic nitrogens is 4. The van der Waals surface area contributed by atoms with Crippen LogP contribution in [0.15, 0.2) is 27.8 Å². The van der Waals surface area contributed by atoms with Crippen molar-refractivity contribution in [1.29, 1.82) is 0 Å². The lowest BCUT2D eigenvalue weighted by Gasteiger charge is -2.11. The van der Waals surface area contributed by atoms with Crippen molar-refractivity contribution < 1.29 is 0 Å². The first-order valence-electron chi connectivity index (χ1n) is 7.11. The Hall–Kier alpha value is -2.76. The van der Waals surface area contributed by atoms with Gasteiger partial charge >= 0.3 is 0 Å². The third-order valence-corrected chi connectivity index (χ3v) is 4.09. The molecular weight excluding hydrogens is 280 g/mol. The van der Waals surface area contributed by atoms with Crippen molar-refractivity contribution in [1.82, 2.24) is 20.4 Å². The first-order valence-corrected chi connectivity index (χ1v) is 7.11. The van der Waals surface area contributed by atoms with Crippen molar-refractivity contribution in [3.63, 3.8) is 0 Å². The van der Waals surface area contributed by atoms with Gasteiger partial charge in [-0.2, -0.15) is 0 Å². The quantitative estimate of drug-likeness (QED) is 0.594. The van der Waals surface area contributed by atoms with E-state index in [-0.39, 0.29) is 11.1 Å². The van der Waals surface area contributed by atoms with Gasteiger partial charge in [-0.3, -0.25) is 19.8 Å². The summed E-state index contributed by atoms with van der Waals surface area (Å²) in [6.45, 7) is 5.71. The van der Waals surface area contributed by atoms with Crippen molar-refractivity contribution in [2.75, 3.05) is 0 Å². The molecule has 0 unspecified atom stereocenters. The molecule has 3 aromatic rings. The van der Waals surface area contributed by atoms with E-state index in [4.69, 9.17) is 0 Å². The second-order valence-corrected chi connectivity index (χ2v) is 5.54. The van der Waals surface area contributed by atoms with Gasteiger partial charge in [0.25, 0.3) is 11.1 Å². The predicted molar refractivity (Wildman–Crippen MR) is 85.3 cm³/mol. The number of hydrogen-bond donors (Lipinski definition) is 4. The number of rotatable bonds is 3. The van der Waals surface area contributed by atoms with Crippen LogP contribution in [0.25, 0.3) is 11.1 Å². The molecule has 4 N–H and O–H groups in total.